The van der Waals surface area contributed by atoms with E-state index in [-0.39, 0.29) is 17.9 Å². The maximum absolute atomic E-state index is 14.0. The lowest BCUT2D eigenvalue weighted by Crippen LogP contribution is -2.00. The number of benzene rings is 2. The third-order valence-corrected chi connectivity index (χ3v) is 3.08. The normalized spacial score (nSPS) is 10.4. The first-order valence-electron chi connectivity index (χ1n) is 5.50. The quantitative estimate of drug-likeness (QED) is 0.740. The molecule has 0 aliphatic carbocycles. The molecule has 18 heavy (non-hydrogen) atoms. The summed E-state index contributed by atoms with van der Waals surface area (Å²) in [7, 11) is 0. The summed E-state index contributed by atoms with van der Waals surface area (Å²) >= 11 is 3.20. The highest BCUT2D eigenvalue weighted by molar-refractivity contribution is 9.10. The molecule has 0 N–H and O–H groups in total. The smallest absolute Gasteiger partial charge is 0.202 e. The molecular formula is C14H11BrF2O. The van der Waals surface area contributed by atoms with Gasteiger partial charge in [0.15, 0.2) is 11.6 Å². The maximum atomic E-state index is 14.0. The molecule has 0 aliphatic rings. The van der Waals surface area contributed by atoms with E-state index >= 15 is 0 Å². The van der Waals surface area contributed by atoms with Crippen LogP contribution in [0.2, 0.25) is 0 Å². The second-order valence-corrected chi connectivity index (χ2v) is 4.52. The molecule has 94 valence electrons. The van der Waals surface area contributed by atoms with Crippen molar-refractivity contribution in [3.63, 3.8) is 0 Å². The van der Waals surface area contributed by atoms with Crippen LogP contribution in [-0.2, 0) is 0 Å². The number of halogens is 3. The fraction of sp³-hybridized carbons (Fsp3) is 0.143. The molecule has 0 aromatic heterocycles. The maximum Gasteiger partial charge on any atom is 0.202 e. The third-order valence-electron chi connectivity index (χ3n) is 2.49. The van der Waals surface area contributed by atoms with Gasteiger partial charge >= 0.3 is 0 Å². The van der Waals surface area contributed by atoms with Gasteiger partial charge in [-0.2, -0.15) is 4.39 Å². The molecule has 2 aromatic carbocycles. The first kappa shape index (κ1) is 13.0. The Bertz CT molecular complexity index is 555. The average molecular weight is 313 g/mol. The van der Waals surface area contributed by atoms with Gasteiger partial charge in [0.1, 0.15) is 0 Å². The zero-order valence-electron chi connectivity index (χ0n) is 9.71. The van der Waals surface area contributed by atoms with Crippen LogP contribution in [0.5, 0.6) is 5.75 Å². The second-order valence-electron chi connectivity index (χ2n) is 3.66. The SMILES string of the molecule is CCOc1c(Br)cc(-c2ccccc2)c(F)c1F. The van der Waals surface area contributed by atoms with E-state index in [1.54, 1.807) is 31.2 Å². The summed E-state index contributed by atoms with van der Waals surface area (Å²) in [6.45, 7) is 1.99. The second kappa shape index (κ2) is 5.48. The van der Waals surface area contributed by atoms with Crippen molar-refractivity contribution in [2.75, 3.05) is 6.61 Å². The minimum absolute atomic E-state index is 0.0883. The summed E-state index contributed by atoms with van der Waals surface area (Å²) in [5.41, 5.74) is 0.834. The first-order chi connectivity index (χ1) is 8.65. The molecule has 0 radical (unpaired) electrons. The van der Waals surface area contributed by atoms with Gasteiger partial charge < -0.3 is 4.74 Å². The third kappa shape index (κ3) is 2.38. The van der Waals surface area contributed by atoms with E-state index in [4.69, 9.17) is 4.74 Å². The van der Waals surface area contributed by atoms with E-state index in [2.05, 4.69) is 15.9 Å². The molecule has 2 rings (SSSR count). The lowest BCUT2D eigenvalue weighted by Gasteiger charge is -2.11. The van der Waals surface area contributed by atoms with E-state index in [0.717, 1.165) is 0 Å². The minimum Gasteiger partial charge on any atom is -0.489 e. The topological polar surface area (TPSA) is 9.23 Å². The van der Waals surface area contributed by atoms with Crippen molar-refractivity contribution >= 4 is 15.9 Å². The Kier molecular flexibility index (Phi) is 3.97. The van der Waals surface area contributed by atoms with Gasteiger partial charge in [0.05, 0.1) is 11.1 Å². The van der Waals surface area contributed by atoms with Gasteiger partial charge in [-0.1, -0.05) is 30.3 Å². The van der Waals surface area contributed by atoms with Crippen LogP contribution in [0.3, 0.4) is 0 Å². The Morgan fingerprint density at radius 3 is 2.39 bits per heavy atom. The number of hydrogen-bond donors (Lipinski definition) is 0. The summed E-state index contributed by atoms with van der Waals surface area (Å²) in [6.07, 6.45) is 0. The van der Waals surface area contributed by atoms with Crippen molar-refractivity contribution in [1.82, 2.24) is 0 Å². The molecule has 4 heteroatoms. The highest BCUT2D eigenvalue weighted by atomic mass is 79.9. The van der Waals surface area contributed by atoms with Crippen molar-refractivity contribution in [3.8, 4) is 16.9 Å². The van der Waals surface area contributed by atoms with Crippen LogP contribution in [0.15, 0.2) is 40.9 Å². The van der Waals surface area contributed by atoms with Gasteiger partial charge in [0.25, 0.3) is 0 Å². The lowest BCUT2D eigenvalue weighted by atomic mass is 10.0. The van der Waals surface area contributed by atoms with Gasteiger partial charge in [-0.05, 0) is 34.5 Å². The molecule has 0 fully saturated rings. The average Bonchev–Trinajstić information content (AvgIpc) is 2.40. The van der Waals surface area contributed by atoms with Crippen molar-refractivity contribution in [2.45, 2.75) is 6.92 Å². The summed E-state index contributed by atoms with van der Waals surface area (Å²) < 4.78 is 33.3. The summed E-state index contributed by atoms with van der Waals surface area (Å²) in [6, 6.07) is 10.4. The predicted molar refractivity (Wildman–Crippen MR) is 70.7 cm³/mol. The van der Waals surface area contributed by atoms with Crippen LogP contribution in [0, 0.1) is 11.6 Å². The van der Waals surface area contributed by atoms with Crippen molar-refractivity contribution in [1.29, 1.82) is 0 Å². The summed E-state index contributed by atoms with van der Waals surface area (Å²) in [5.74, 6) is -1.95. The van der Waals surface area contributed by atoms with Crippen LogP contribution < -0.4 is 4.74 Å². The molecule has 0 unspecified atom stereocenters. The Morgan fingerprint density at radius 2 is 1.78 bits per heavy atom. The van der Waals surface area contributed by atoms with E-state index in [0.29, 0.717) is 10.0 Å². The number of rotatable bonds is 3. The van der Waals surface area contributed by atoms with Gasteiger partial charge in [0.2, 0.25) is 5.82 Å². The zero-order chi connectivity index (χ0) is 13.1. The number of hydrogen-bond acceptors (Lipinski definition) is 1. The fourth-order valence-electron chi connectivity index (χ4n) is 1.68. The fourth-order valence-corrected chi connectivity index (χ4v) is 2.20. The highest BCUT2D eigenvalue weighted by Crippen LogP contribution is 2.36. The molecule has 1 nitrogen and oxygen atoms in total. The molecule has 0 atom stereocenters. The Morgan fingerprint density at radius 1 is 1.11 bits per heavy atom. The Labute approximate surface area is 113 Å². The number of ether oxygens (including phenoxy) is 1. The molecule has 0 spiro atoms. The molecular weight excluding hydrogens is 302 g/mol. The largest absolute Gasteiger partial charge is 0.489 e. The van der Waals surface area contributed by atoms with Gasteiger partial charge in [-0.3, -0.25) is 0 Å². The van der Waals surface area contributed by atoms with Crippen LogP contribution in [0.4, 0.5) is 8.78 Å². The van der Waals surface area contributed by atoms with Gasteiger partial charge in [-0.25, -0.2) is 4.39 Å². The van der Waals surface area contributed by atoms with E-state index in [9.17, 15) is 8.78 Å². The van der Waals surface area contributed by atoms with Crippen LogP contribution in [0.1, 0.15) is 6.92 Å². The molecule has 0 saturated heterocycles. The highest BCUT2D eigenvalue weighted by Gasteiger charge is 2.19. The molecule has 0 amide bonds. The molecule has 0 aliphatic heterocycles. The zero-order valence-corrected chi connectivity index (χ0v) is 11.3. The monoisotopic (exact) mass is 312 g/mol. The van der Waals surface area contributed by atoms with Crippen LogP contribution >= 0.6 is 15.9 Å². The van der Waals surface area contributed by atoms with E-state index in [1.807, 2.05) is 6.07 Å². The molecule has 2 aromatic rings. The van der Waals surface area contributed by atoms with Gasteiger partial charge in [-0.15, -0.1) is 0 Å². The Balaban J connectivity index is 2.58. The molecule has 0 bridgehead atoms. The Hall–Kier alpha value is -1.42. The van der Waals surface area contributed by atoms with Gasteiger partial charge in [0, 0.05) is 5.56 Å². The van der Waals surface area contributed by atoms with Crippen molar-refractivity contribution in [3.05, 3.63) is 52.5 Å². The van der Waals surface area contributed by atoms with Crippen molar-refractivity contribution < 1.29 is 13.5 Å². The van der Waals surface area contributed by atoms with Crippen LogP contribution in [-0.4, -0.2) is 6.61 Å². The van der Waals surface area contributed by atoms with Crippen LogP contribution in [0.25, 0.3) is 11.1 Å². The summed E-state index contributed by atoms with van der Waals surface area (Å²) in [4.78, 5) is 0. The standard InChI is InChI=1S/C14H11BrF2O/c1-2-18-14-11(15)8-10(12(16)13(14)17)9-6-4-3-5-7-9/h3-8H,2H2,1H3. The minimum atomic E-state index is -0.968. The van der Waals surface area contributed by atoms with E-state index in [1.165, 1.54) is 6.07 Å². The molecule has 0 heterocycles. The van der Waals surface area contributed by atoms with Crippen molar-refractivity contribution in [2.24, 2.45) is 0 Å². The predicted octanol–water partition coefficient (Wildman–Crippen LogP) is 4.79. The lowest BCUT2D eigenvalue weighted by molar-refractivity contribution is 0.312. The van der Waals surface area contributed by atoms with E-state index < -0.39 is 11.6 Å². The summed E-state index contributed by atoms with van der Waals surface area (Å²) in [5, 5.41) is 0. The first-order valence-corrected chi connectivity index (χ1v) is 6.30. The molecule has 0 saturated carbocycles.